The molecule has 19 heavy (non-hydrogen) atoms. The van der Waals surface area contributed by atoms with Crippen LogP contribution in [0.3, 0.4) is 0 Å². The van der Waals surface area contributed by atoms with Gasteiger partial charge in [-0.15, -0.1) is 23.1 Å². The maximum atomic E-state index is 12.2. The predicted molar refractivity (Wildman–Crippen MR) is 84.5 cm³/mol. The summed E-state index contributed by atoms with van der Waals surface area (Å²) in [6.07, 6.45) is 3.00. The molecule has 0 aliphatic carbocycles. The van der Waals surface area contributed by atoms with Crippen molar-refractivity contribution < 1.29 is 4.79 Å². The topological polar surface area (TPSA) is 72.3 Å². The van der Waals surface area contributed by atoms with Gasteiger partial charge in [0.05, 0.1) is 15.5 Å². The first-order chi connectivity index (χ1) is 8.95. The van der Waals surface area contributed by atoms with Crippen LogP contribution in [0.5, 0.6) is 0 Å². The Labute approximate surface area is 122 Å². The van der Waals surface area contributed by atoms with E-state index in [1.165, 1.54) is 11.3 Å². The van der Waals surface area contributed by atoms with Crippen LogP contribution in [-0.4, -0.2) is 31.2 Å². The lowest BCUT2D eigenvalue weighted by atomic mass is 10.1. The maximum absolute atomic E-state index is 12.2. The highest BCUT2D eigenvalue weighted by Gasteiger charge is 2.28. The predicted octanol–water partition coefficient (Wildman–Crippen LogP) is 2.43. The fourth-order valence-electron chi connectivity index (χ4n) is 2.24. The third-order valence-corrected chi connectivity index (χ3v) is 5.58. The first-order valence-electron chi connectivity index (χ1n) is 6.46. The summed E-state index contributed by atoms with van der Waals surface area (Å²) in [5, 5.41) is 1.11. The summed E-state index contributed by atoms with van der Waals surface area (Å²) in [4.78, 5) is 16.2. The number of nitrogens with zero attached hydrogens (tertiary/aromatic N) is 1. The number of nitrogens with two attached hydrogens (primary N) is 2. The molecule has 1 aromatic heterocycles. The van der Waals surface area contributed by atoms with Crippen molar-refractivity contribution in [3.05, 3.63) is 4.88 Å². The van der Waals surface area contributed by atoms with Gasteiger partial charge in [-0.05, 0) is 12.7 Å². The lowest BCUT2D eigenvalue weighted by Crippen LogP contribution is -2.26. The van der Waals surface area contributed by atoms with E-state index in [1.807, 2.05) is 20.1 Å². The molecule has 4 N–H and O–H groups in total. The number of ketones is 1. The molecule has 0 saturated carbocycles. The summed E-state index contributed by atoms with van der Waals surface area (Å²) < 4.78 is 0. The molecule has 2 heterocycles. The molecule has 0 bridgehead atoms. The second kappa shape index (κ2) is 5.73. The number of nitrogen functional groups attached to an aromatic ring is 1. The second-order valence-corrected chi connectivity index (χ2v) is 7.01. The summed E-state index contributed by atoms with van der Waals surface area (Å²) in [6.45, 7) is 5.62. The van der Waals surface area contributed by atoms with Gasteiger partial charge < -0.3 is 16.4 Å². The van der Waals surface area contributed by atoms with Crippen LogP contribution in [0, 0.1) is 5.92 Å². The second-order valence-electron chi connectivity index (χ2n) is 5.20. The quantitative estimate of drug-likeness (QED) is 0.660. The summed E-state index contributed by atoms with van der Waals surface area (Å²) in [7, 11) is 0. The van der Waals surface area contributed by atoms with E-state index < -0.39 is 0 Å². The molecule has 0 radical (unpaired) electrons. The number of anilines is 2. The van der Waals surface area contributed by atoms with Crippen molar-refractivity contribution in [1.82, 2.24) is 0 Å². The van der Waals surface area contributed by atoms with Crippen LogP contribution in [-0.2, 0) is 0 Å². The first kappa shape index (κ1) is 14.7. The highest BCUT2D eigenvalue weighted by Crippen LogP contribution is 2.45. The monoisotopic (exact) mass is 299 g/mol. The molecular formula is C13H21N3OS2. The van der Waals surface area contributed by atoms with Crippen LogP contribution >= 0.6 is 23.1 Å². The average molecular weight is 299 g/mol. The number of thiophene rings is 1. The van der Waals surface area contributed by atoms with E-state index in [-0.39, 0.29) is 17.7 Å². The van der Waals surface area contributed by atoms with Gasteiger partial charge >= 0.3 is 0 Å². The Morgan fingerprint density at radius 2 is 2.21 bits per heavy atom. The van der Waals surface area contributed by atoms with E-state index in [1.54, 1.807) is 11.8 Å². The summed E-state index contributed by atoms with van der Waals surface area (Å²) in [5.41, 5.74) is 12.8. The molecule has 1 atom stereocenters. The fraction of sp³-hybridized carbons (Fsp3) is 0.615. The Kier molecular flexibility index (Phi) is 4.43. The Bertz CT molecular complexity index is 484. The third kappa shape index (κ3) is 2.75. The Morgan fingerprint density at radius 1 is 1.53 bits per heavy atom. The molecule has 2 rings (SSSR count). The van der Waals surface area contributed by atoms with Crippen molar-refractivity contribution in [2.45, 2.75) is 31.2 Å². The van der Waals surface area contributed by atoms with Gasteiger partial charge in [0.25, 0.3) is 0 Å². The molecule has 1 unspecified atom stereocenters. The van der Waals surface area contributed by atoms with Gasteiger partial charge in [0.2, 0.25) is 0 Å². The van der Waals surface area contributed by atoms with E-state index in [9.17, 15) is 4.79 Å². The molecule has 1 fully saturated rings. The van der Waals surface area contributed by atoms with Crippen molar-refractivity contribution >= 4 is 39.6 Å². The van der Waals surface area contributed by atoms with Crippen LogP contribution in [0.25, 0.3) is 0 Å². The van der Waals surface area contributed by atoms with E-state index in [4.69, 9.17) is 11.5 Å². The van der Waals surface area contributed by atoms with E-state index >= 15 is 0 Å². The minimum absolute atomic E-state index is 0.0238. The molecule has 1 saturated heterocycles. The van der Waals surface area contributed by atoms with Crippen molar-refractivity contribution in [3.63, 3.8) is 0 Å². The normalized spacial score (nSPS) is 19.4. The fourth-order valence-corrected chi connectivity index (χ4v) is 4.54. The zero-order chi connectivity index (χ0) is 14.2. The van der Waals surface area contributed by atoms with Crippen LogP contribution in [0.1, 0.15) is 29.9 Å². The van der Waals surface area contributed by atoms with Crippen molar-refractivity contribution in [1.29, 1.82) is 0 Å². The van der Waals surface area contributed by atoms with Gasteiger partial charge in [0, 0.05) is 25.0 Å². The number of Topliss-reactive ketones (excluding diaryl/α,β-unsaturated/α-hetero) is 1. The molecule has 6 heteroatoms. The minimum atomic E-state index is -0.0238. The van der Waals surface area contributed by atoms with Gasteiger partial charge in [0.1, 0.15) is 5.00 Å². The van der Waals surface area contributed by atoms with Crippen LogP contribution in [0.15, 0.2) is 4.90 Å². The molecule has 0 amide bonds. The number of hydrogen-bond donors (Lipinski definition) is 2. The Balaban J connectivity index is 2.39. The van der Waals surface area contributed by atoms with Crippen LogP contribution in [0.4, 0.5) is 10.7 Å². The summed E-state index contributed by atoms with van der Waals surface area (Å²) in [6, 6.07) is 0.224. The van der Waals surface area contributed by atoms with Crippen LogP contribution < -0.4 is 16.4 Å². The van der Waals surface area contributed by atoms with Gasteiger partial charge in [-0.25, -0.2) is 0 Å². The molecule has 0 spiro atoms. The first-order valence-corrected chi connectivity index (χ1v) is 8.50. The molecule has 0 aromatic carbocycles. The molecule has 4 nitrogen and oxygen atoms in total. The lowest BCUT2D eigenvalue weighted by molar-refractivity contribution is 0.0944. The third-order valence-electron chi connectivity index (χ3n) is 3.35. The van der Waals surface area contributed by atoms with Gasteiger partial charge in [-0.2, -0.15) is 0 Å². The zero-order valence-electron chi connectivity index (χ0n) is 11.6. The van der Waals surface area contributed by atoms with Crippen molar-refractivity contribution in [2.75, 3.05) is 30.0 Å². The van der Waals surface area contributed by atoms with E-state index in [2.05, 4.69) is 4.90 Å². The average Bonchev–Trinajstić information content (AvgIpc) is 2.92. The number of hydrogen-bond acceptors (Lipinski definition) is 6. The molecule has 1 aliphatic rings. The standard InChI is InChI=1S/C13H21N3OS2/c1-7(2)10(17)11-9(15)12(18-3)13(19-11)16-5-4-8(14)6-16/h7-8H,4-6,14-15H2,1-3H3. The lowest BCUT2D eigenvalue weighted by Gasteiger charge is -2.17. The van der Waals surface area contributed by atoms with E-state index in [0.717, 1.165) is 29.4 Å². The molecule has 106 valence electrons. The number of rotatable bonds is 4. The largest absolute Gasteiger partial charge is 0.396 e. The van der Waals surface area contributed by atoms with Gasteiger partial charge in [0.15, 0.2) is 5.78 Å². The number of carbonyl (C=O) groups excluding carboxylic acids is 1. The SMILES string of the molecule is CSc1c(N2CCC(N)C2)sc(C(=O)C(C)C)c1N. The minimum Gasteiger partial charge on any atom is -0.396 e. The van der Waals surface area contributed by atoms with Gasteiger partial charge in [-0.1, -0.05) is 13.8 Å². The number of carbonyl (C=O) groups is 1. The smallest absolute Gasteiger partial charge is 0.177 e. The van der Waals surface area contributed by atoms with Gasteiger partial charge in [-0.3, -0.25) is 4.79 Å². The molecule has 1 aromatic rings. The van der Waals surface area contributed by atoms with Crippen LogP contribution in [0.2, 0.25) is 0 Å². The van der Waals surface area contributed by atoms with Crippen molar-refractivity contribution in [2.24, 2.45) is 11.7 Å². The maximum Gasteiger partial charge on any atom is 0.177 e. The summed E-state index contributed by atoms with van der Waals surface area (Å²) >= 11 is 3.13. The Hall–Kier alpha value is -0.720. The van der Waals surface area contributed by atoms with E-state index in [0.29, 0.717) is 10.6 Å². The highest BCUT2D eigenvalue weighted by molar-refractivity contribution is 7.99. The zero-order valence-corrected chi connectivity index (χ0v) is 13.2. The number of thioether (sulfide) groups is 1. The molecular weight excluding hydrogens is 278 g/mol. The van der Waals surface area contributed by atoms with Crippen molar-refractivity contribution in [3.8, 4) is 0 Å². The molecule has 1 aliphatic heterocycles. The Morgan fingerprint density at radius 3 is 2.68 bits per heavy atom. The highest BCUT2D eigenvalue weighted by atomic mass is 32.2. The summed E-state index contributed by atoms with van der Waals surface area (Å²) in [5.74, 6) is 0.108.